The molecule has 0 spiro atoms. The molecule has 0 aromatic carbocycles. The number of nitrogens with one attached hydrogen (secondary N) is 2. The van der Waals surface area contributed by atoms with E-state index in [0.29, 0.717) is 12.2 Å². The molecule has 0 aliphatic carbocycles. The van der Waals surface area contributed by atoms with E-state index in [9.17, 15) is 14.4 Å². The molecule has 2 rings (SSSR count). The largest absolute Gasteiger partial charge is 0.463 e. The molecule has 0 saturated carbocycles. The predicted molar refractivity (Wildman–Crippen MR) is 63.2 cm³/mol. The van der Waals surface area contributed by atoms with E-state index in [1.807, 2.05) is 0 Å². The minimum absolute atomic E-state index is 0.0974. The van der Waals surface area contributed by atoms with Crippen molar-refractivity contribution in [2.24, 2.45) is 0 Å². The first-order valence-electron chi connectivity index (χ1n) is 5.61. The smallest absolute Gasteiger partial charge is 0.376 e. The topological polar surface area (TPSA) is 110 Å². The van der Waals surface area contributed by atoms with Crippen LogP contribution in [-0.4, -0.2) is 40.9 Å². The summed E-state index contributed by atoms with van der Waals surface area (Å²) in [5.41, 5.74) is 0. The van der Waals surface area contributed by atoms with Gasteiger partial charge < -0.3 is 10.1 Å². The van der Waals surface area contributed by atoms with Crippen LogP contribution in [0.3, 0.4) is 0 Å². The van der Waals surface area contributed by atoms with Crippen LogP contribution in [0.4, 0.5) is 5.82 Å². The highest BCUT2D eigenvalue weighted by Gasteiger charge is 2.26. The van der Waals surface area contributed by atoms with E-state index < -0.39 is 17.9 Å². The number of hydrogen-bond donors (Lipinski definition) is 2. The van der Waals surface area contributed by atoms with Crippen LogP contribution in [-0.2, 0) is 14.3 Å². The number of ether oxygens (including phenoxy) is 1. The standard InChI is InChI=1S/C11H12N4O4/c1-19-11(18)9-12-5-4-7(14-9)13-6-2-3-8(16)15-10(6)17/h4-6H,2-3H2,1H3,(H,12,13,14)(H,15,16,17). The van der Waals surface area contributed by atoms with Crippen molar-refractivity contribution in [2.45, 2.75) is 18.9 Å². The molecule has 1 aromatic heterocycles. The molecular weight excluding hydrogens is 252 g/mol. The average molecular weight is 264 g/mol. The van der Waals surface area contributed by atoms with Gasteiger partial charge in [-0.25, -0.2) is 14.8 Å². The number of hydrogen-bond acceptors (Lipinski definition) is 7. The number of imide groups is 1. The van der Waals surface area contributed by atoms with Crippen LogP contribution in [0, 0.1) is 0 Å². The predicted octanol–water partition coefficient (Wildman–Crippen LogP) is -0.520. The highest BCUT2D eigenvalue weighted by Crippen LogP contribution is 2.11. The van der Waals surface area contributed by atoms with Gasteiger partial charge in [-0.05, 0) is 12.5 Å². The lowest BCUT2D eigenvalue weighted by molar-refractivity contribution is -0.133. The third-order valence-corrected chi connectivity index (χ3v) is 2.58. The van der Waals surface area contributed by atoms with Gasteiger partial charge in [0.15, 0.2) is 0 Å². The molecular formula is C11H12N4O4. The van der Waals surface area contributed by atoms with Gasteiger partial charge in [0.05, 0.1) is 7.11 Å². The van der Waals surface area contributed by atoms with E-state index in [4.69, 9.17) is 0 Å². The summed E-state index contributed by atoms with van der Waals surface area (Å²) < 4.78 is 4.50. The van der Waals surface area contributed by atoms with Gasteiger partial charge in [-0.15, -0.1) is 0 Å². The first-order valence-corrected chi connectivity index (χ1v) is 5.61. The fourth-order valence-electron chi connectivity index (χ4n) is 1.64. The van der Waals surface area contributed by atoms with E-state index in [2.05, 4.69) is 25.3 Å². The van der Waals surface area contributed by atoms with Crippen LogP contribution in [0.15, 0.2) is 12.3 Å². The van der Waals surface area contributed by atoms with E-state index in [0.717, 1.165) is 0 Å². The summed E-state index contributed by atoms with van der Waals surface area (Å²) in [6.45, 7) is 0. The molecule has 1 aliphatic heterocycles. The highest BCUT2D eigenvalue weighted by atomic mass is 16.5. The molecule has 1 fully saturated rings. The number of nitrogens with zero attached hydrogens (tertiary/aromatic N) is 2. The number of esters is 1. The zero-order chi connectivity index (χ0) is 13.8. The molecule has 0 bridgehead atoms. The van der Waals surface area contributed by atoms with Crippen molar-refractivity contribution in [3.05, 3.63) is 18.1 Å². The van der Waals surface area contributed by atoms with Crippen LogP contribution in [0.5, 0.6) is 0 Å². The fourth-order valence-corrected chi connectivity index (χ4v) is 1.64. The van der Waals surface area contributed by atoms with Crippen LogP contribution in [0.1, 0.15) is 23.5 Å². The van der Waals surface area contributed by atoms with E-state index in [-0.39, 0.29) is 18.2 Å². The number of carbonyl (C=O) groups excluding carboxylic acids is 3. The van der Waals surface area contributed by atoms with Gasteiger partial charge >= 0.3 is 5.97 Å². The highest BCUT2D eigenvalue weighted by molar-refractivity contribution is 6.01. The molecule has 100 valence electrons. The summed E-state index contributed by atoms with van der Waals surface area (Å²) in [6, 6.07) is 0.967. The van der Waals surface area contributed by atoms with Crippen LogP contribution < -0.4 is 10.6 Å². The maximum atomic E-state index is 11.6. The molecule has 2 N–H and O–H groups in total. The molecule has 0 radical (unpaired) electrons. The van der Waals surface area contributed by atoms with Crippen molar-refractivity contribution in [1.82, 2.24) is 15.3 Å². The van der Waals surface area contributed by atoms with Crippen molar-refractivity contribution in [3.8, 4) is 0 Å². The molecule has 1 saturated heterocycles. The van der Waals surface area contributed by atoms with Gasteiger partial charge in [0, 0.05) is 12.6 Å². The van der Waals surface area contributed by atoms with Crippen LogP contribution >= 0.6 is 0 Å². The van der Waals surface area contributed by atoms with Gasteiger partial charge in [-0.3, -0.25) is 14.9 Å². The minimum atomic E-state index is -0.660. The van der Waals surface area contributed by atoms with Crippen molar-refractivity contribution in [3.63, 3.8) is 0 Å². The van der Waals surface area contributed by atoms with Crippen molar-refractivity contribution in [2.75, 3.05) is 12.4 Å². The molecule has 2 heterocycles. The number of anilines is 1. The van der Waals surface area contributed by atoms with Gasteiger partial charge in [0.2, 0.25) is 17.6 Å². The second kappa shape index (κ2) is 5.42. The third-order valence-electron chi connectivity index (χ3n) is 2.58. The Hall–Kier alpha value is -2.51. The fraction of sp³-hybridized carbons (Fsp3) is 0.364. The summed E-state index contributed by atoms with van der Waals surface area (Å²) >= 11 is 0. The van der Waals surface area contributed by atoms with Gasteiger partial charge in [-0.1, -0.05) is 0 Å². The maximum Gasteiger partial charge on any atom is 0.376 e. The van der Waals surface area contributed by atoms with Crippen molar-refractivity contribution < 1.29 is 19.1 Å². The quantitative estimate of drug-likeness (QED) is 0.558. The van der Waals surface area contributed by atoms with E-state index in [1.165, 1.54) is 19.4 Å². The van der Waals surface area contributed by atoms with Gasteiger partial charge in [0.25, 0.3) is 0 Å². The Balaban J connectivity index is 2.09. The van der Waals surface area contributed by atoms with Crippen LogP contribution in [0.25, 0.3) is 0 Å². The lowest BCUT2D eigenvalue weighted by atomic mass is 10.1. The summed E-state index contributed by atoms with van der Waals surface area (Å²) in [4.78, 5) is 41.5. The normalized spacial score (nSPS) is 18.7. The van der Waals surface area contributed by atoms with Gasteiger partial charge in [0.1, 0.15) is 11.9 Å². The third kappa shape index (κ3) is 3.03. The lowest BCUT2D eigenvalue weighted by Crippen LogP contribution is -2.47. The molecule has 19 heavy (non-hydrogen) atoms. The zero-order valence-electron chi connectivity index (χ0n) is 10.2. The first-order chi connectivity index (χ1) is 9.10. The molecule has 1 atom stereocenters. The Morgan fingerprint density at radius 2 is 2.32 bits per heavy atom. The second-order valence-corrected chi connectivity index (χ2v) is 3.91. The molecule has 8 nitrogen and oxygen atoms in total. The Morgan fingerprint density at radius 1 is 1.53 bits per heavy atom. The van der Waals surface area contributed by atoms with Crippen LogP contribution in [0.2, 0.25) is 0 Å². The Labute approximate surface area is 108 Å². The molecule has 1 aromatic rings. The SMILES string of the molecule is COC(=O)c1nccc(NC2CCC(=O)NC2=O)n1. The summed E-state index contributed by atoms with van der Waals surface area (Å²) in [5, 5.41) is 5.07. The number of rotatable bonds is 3. The number of piperidine rings is 1. The zero-order valence-corrected chi connectivity index (χ0v) is 10.2. The number of aromatic nitrogens is 2. The summed E-state index contributed by atoms with van der Waals surface area (Å²) in [6.07, 6.45) is 2.02. The number of methoxy groups -OCH3 is 1. The Bertz CT molecular complexity index is 531. The maximum absolute atomic E-state index is 11.6. The lowest BCUT2D eigenvalue weighted by Gasteiger charge is -2.22. The number of amides is 2. The Morgan fingerprint density at radius 3 is 3.00 bits per heavy atom. The van der Waals surface area contributed by atoms with E-state index >= 15 is 0 Å². The monoisotopic (exact) mass is 264 g/mol. The molecule has 2 amide bonds. The first kappa shape index (κ1) is 12.9. The summed E-state index contributed by atoms with van der Waals surface area (Å²) in [7, 11) is 1.23. The van der Waals surface area contributed by atoms with Crippen molar-refractivity contribution in [1.29, 1.82) is 0 Å². The summed E-state index contributed by atoms with van der Waals surface area (Å²) in [5.74, 6) is -1.13. The Kier molecular flexibility index (Phi) is 3.69. The minimum Gasteiger partial charge on any atom is -0.463 e. The van der Waals surface area contributed by atoms with Crippen molar-refractivity contribution >= 4 is 23.6 Å². The second-order valence-electron chi connectivity index (χ2n) is 3.91. The van der Waals surface area contributed by atoms with E-state index in [1.54, 1.807) is 0 Å². The number of carbonyl (C=O) groups is 3. The molecule has 1 aliphatic rings. The van der Waals surface area contributed by atoms with Gasteiger partial charge in [-0.2, -0.15) is 0 Å². The average Bonchev–Trinajstić information content (AvgIpc) is 2.41. The molecule has 8 heteroatoms. The molecule has 1 unspecified atom stereocenters.